The number of hydrogen-bond acceptors (Lipinski definition) is 4. The van der Waals surface area contributed by atoms with Crippen LogP contribution >= 0.6 is 0 Å². The highest BCUT2D eigenvalue weighted by Crippen LogP contribution is 2.40. The molecule has 0 aromatic heterocycles. The minimum atomic E-state index is -0.445. The Kier molecular flexibility index (Phi) is 7.88. The molecule has 0 spiro atoms. The maximum absolute atomic E-state index is 12.1. The van der Waals surface area contributed by atoms with Crippen molar-refractivity contribution < 1.29 is 9.63 Å². The normalized spacial score (nSPS) is 21.0. The lowest BCUT2D eigenvalue weighted by Crippen LogP contribution is -2.58. The molecule has 164 valence electrons. The van der Waals surface area contributed by atoms with Gasteiger partial charge in [-0.25, -0.2) is 0 Å². The third-order valence-corrected chi connectivity index (χ3v) is 5.92. The van der Waals surface area contributed by atoms with Gasteiger partial charge in [-0.3, -0.25) is 9.63 Å². The summed E-state index contributed by atoms with van der Waals surface area (Å²) < 4.78 is 0. The molecule has 1 heterocycles. The van der Waals surface area contributed by atoms with Gasteiger partial charge in [0.25, 0.3) is 0 Å². The van der Waals surface area contributed by atoms with Crippen LogP contribution in [0.1, 0.15) is 91.4 Å². The van der Waals surface area contributed by atoms with Gasteiger partial charge in [-0.1, -0.05) is 38.1 Å². The second kappa shape index (κ2) is 9.59. The molecule has 3 N–H and O–H groups in total. The third kappa shape index (κ3) is 6.53. The van der Waals surface area contributed by atoms with Crippen molar-refractivity contribution >= 4 is 5.91 Å². The van der Waals surface area contributed by atoms with Crippen LogP contribution in [-0.2, 0) is 16.2 Å². The Morgan fingerprint density at radius 2 is 1.66 bits per heavy atom. The Bertz CT molecular complexity index is 651. The molecule has 5 heteroatoms. The Labute approximate surface area is 177 Å². The minimum absolute atomic E-state index is 0.0228. The van der Waals surface area contributed by atoms with Crippen LogP contribution in [0.5, 0.6) is 0 Å². The quantitative estimate of drug-likeness (QED) is 0.659. The predicted octanol–water partition coefficient (Wildman–Crippen LogP) is 4.71. The fourth-order valence-corrected chi connectivity index (χ4v) is 4.32. The van der Waals surface area contributed by atoms with Gasteiger partial charge < -0.3 is 11.1 Å². The lowest BCUT2D eigenvalue weighted by Gasteiger charge is -2.52. The number of carbonyl (C=O) groups excluding carboxylic acids is 1. The van der Waals surface area contributed by atoms with E-state index in [1.165, 1.54) is 6.42 Å². The summed E-state index contributed by atoms with van der Waals surface area (Å²) in [4.78, 5) is 18.6. The van der Waals surface area contributed by atoms with Crippen molar-refractivity contribution in [1.29, 1.82) is 0 Å². The van der Waals surface area contributed by atoms with Crippen molar-refractivity contribution in [2.24, 2.45) is 11.7 Å². The molecule has 2 rings (SSSR count). The minimum Gasteiger partial charge on any atom is -0.351 e. The number of nitrogens with two attached hydrogens (primary N) is 1. The number of carbonyl (C=O) groups is 1. The second-order valence-corrected chi connectivity index (χ2v) is 10.2. The van der Waals surface area contributed by atoms with Crippen LogP contribution in [0.15, 0.2) is 24.3 Å². The summed E-state index contributed by atoms with van der Waals surface area (Å²) in [6.07, 6.45) is 4.18. The maximum atomic E-state index is 12.1. The zero-order chi connectivity index (χ0) is 21.8. The monoisotopic (exact) mass is 403 g/mol. The first-order valence-corrected chi connectivity index (χ1v) is 11.0. The molecule has 1 aromatic rings. The van der Waals surface area contributed by atoms with E-state index in [-0.39, 0.29) is 23.1 Å². The summed E-state index contributed by atoms with van der Waals surface area (Å²) in [5.41, 5.74) is 8.18. The van der Waals surface area contributed by atoms with E-state index >= 15 is 0 Å². The number of hydrogen-bond donors (Lipinski definition) is 2. The van der Waals surface area contributed by atoms with Crippen LogP contribution < -0.4 is 11.1 Å². The molecule has 1 fully saturated rings. The zero-order valence-electron chi connectivity index (χ0n) is 19.4. The molecule has 1 amide bonds. The molecule has 0 aliphatic carbocycles. The molecular formula is C24H41N3O2. The number of amides is 1. The number of benzene rings is 1. The van der Waals surface area contributed by atoms with Gasteiger partial charge in [0.05, 0.1) is 6.04 Å². The van der Waals surface area contributed by atoms with Crippen molar-refractivity contribution in [1.82, 2.24) is 10.4 Å². The van der Waals surface area contributed by atoms with Crippen LogP contribution in [0.4, 0.5) is 0 Å². The van der Waals surface area contributed by atoms with Gasteiger partial charge >= 0.3 is 0 Å². The fourth-order valence-electron chi connectivity index (χ4n) is 4.32. The fraction of sp³-hybridized carbons (Fsp3) is 0.708. The first-order valence-electron chi connectivity index (χ1n) is 11.0. The molecule has 0 radical (unpaired) electrons. The highest BCUT2D eigenvalue weighted by atomic mass is 16.7. The van der Waals surface area contributed by atoms with Crippen molar-refractivity contribution in [3.05, 3.63) is 35.4 Å². The van der Waals surface area contributed by atoms with Crippen molar-refractivity contribution in [2.45, 2.75) is 104 Å². The topological polar surface area (TPSA) is 67.6 Å². The van der Waals surface area contributed by atoms with E-state index in [1.807, 2.05) is 0 Å². The summed E-state index contributed by atoms with van der Waals surface area (Å²) in [6.45, 7) is 15.8. The third-order valence-electron chi connectivity index (χ3n) is 5.92. The van der Waals surface area contributed by atoms with Crippen molar-refractivity contribution in [3.8, 4) is 0 Å². The molecule has 1 aliphatic heterocycles. The molecule has 5 nitrogen and oxygen atoms in total. The van der Waals surface area contributed by atoms with Crippen LogP contribution in [0.3, 0.4) is 0 Å². The lowest BCUT2D eigenvalue weighted by molar-refractivity contribution is -0.304. The van der Waals surface area contributed by atoms with Crippen molar-refractivity contribution in [3.63, 3.8) is 0 Å². The van der Waals surface area contributed by atoms with E-state index in [4.69, 9.17) is 10.6 Å². The Balaban J connectivity index is 1.94. The Morgan fingerprint density at radius 3 is 2.17 bits per heavy atom. The average molecular weight is 404 g/mol. The van der Waals surface area contributed by atoms with Gasteiger partial charge in [-0.2, -0.15) is 5.06 Å². The van der Waals surface area contributed by atoms with E-state index in [1.54, 1.807) is 0 Å². The van der Waals surface area contributed by atoms with Crippen LogP contribution in [0, 0.1) is 5.92 Å². The number of hydroxylamine groups is 2. The van der Waals surface area contributed by atoms with Gasteiger partial charge in [-0.15, -0.1) is 0 Å². The Morgan fingerprint density at radius 1 is 1.10 bits per heavy atom. The molecule has 1 aliphatic rings. The summed E-state index contributed by atoms with van der Waals surface area (Å²) >= 11 is 0. The average Bonchev–Trinajstić information content (AvgIpc) is 2.62. The first kappa shape index (κ1) is 23.8. The lowest BCUT2D eigenvalue weighted by atomic mass is 9.82. The van der Waals surface area contributed by atoms with Gasteiger partial charge in [-0.05, 0) is 77.3 Å². The number of piperidine rings is 1. The number of nitrogens with zero attached hydrogens (tertiary/aromatic N) is 1. The highest BCUT2D eigenvalue weighted by molar-refractivity contribution is 5.81. The predicted molar refractivity (Wildman–Crippen MR) is 119 cm³/mol. The Hall–Kier alpha value is -1.43. The highest BCUT2D eigenvalue weighted by Gasteiger charge is 2.43. The van der Waals surface area contributed by atoms with Crippen molar-refractivity contribution in [2.75, 3.05) is 0 Å². The molecule has 29 heavy (non-hydrogen) atoms. The number of rotatable bonds is 8. The zero-order valence-corrected chi connectivity index (χ0v) is 19.4. The van der Waals surface area contributed by atoms with E-state index in [0.29, 0.717) is 18.9 Å². The van der Waals surface area contributed by atoms with Gasteiger partial charge in [0.15, 0.2) is 0 Å². The number of nitrogens with one attached hydrogen (secondary N) is 1. The second-order valence-electron chi connectivity index (χ2n) is 10.2. The molecule has 0 bridgehead atoms. The smallest absolute Gasteiger partial charge is 0.237 e. The van der Waals surface area contributed by atoms with Crippen LogP contribution in [0.25, 0.3) is 0 Å². The van der Waals surface area contributed by atoms with Gasteiger partial charge in [0.1, 0.15) is 6.10 Å². The van der Waals surface area contributed by atoms with E-state index in [0.717, 1.165) is 24.0 Å². The standard InChI is InChI=1S/C24H41N3O2/c1-17(2)15-21(25)22(28)26-16-19-9-11-20(12-10-19)18(3)29-27-23(4,5)13-8-14-24(27,6)7/h9-12,17-18,21H,8,13-16,25H2,1-7H3,(H,26,28)/t18?,21-/m1/s1. The largest absolute Gasteiger partial charge is 0.351 e. The van der Waals surface area contributed by atoms with E-state index in [2.05, 4.69) is 83.1 Å². The van der Waals surface area contributed by atoms with Gasteiger partial charge in [0.2, 0.25) is 5.91 Å². The van der Waals surface area contributed by atoms with E-state index in [9.17, 15) is 4.79 Å². The van der Waals surface area contributed by atoms with E-state index < -0.39 is 6.04 Å². The summed E-state index contributed by atoms with van der Waals surface area (Å²) in [5, 5.41) is 5.14. The molecule has 1 saturated heterocycles. The summed E-state index contributed by atoms with van der Waals surface area (Å²) in [5.74, 6) is 0.320. The molecule has 2 atom stereocenters. The van der Waals surface area contributed by atoms with Gasteiger partial charge in [0, 0.05) is 17.6 Å². The molecule has 0 saturated carbocycles. The first-order chi connectivity index (χ1) is 13.4. The van der Waals surface area contributed by atoms with Crippen LogP contribution in [0.2, 0.25) is 0 Å². The molecular weight excluding hydrogens is 362 g/mol. The molecule has 1 aromatic carbocycles. The summed E-state index contributed by atoms with van der Waals surface area (Å²) in [6, 6.07) is 7.83. The summed E-state index contributed by atoms with van der Waals surface area (Å²) in [7, 11) is 0. The SMILES string of the molecule is CC(C)C[C@@H](N)C(=O)NCc1ccc(C(C)ON2C(C)(C)CCCC2(C)C)cc1. The maximum Gasteiger partial charge on any atom is 0.237 e. The van der Waals surface area contributed by atoms with Crippen LogP contribution in [-0.4, -0.2) is 28.1 Å². The molecule has 1 unspecified atom stereocenters.